The topological polar surface area (TPSA) is 46.8 Å². The van der Waals surface area contributed by atoms with Crippen molar-refractivity contribution in [3.8, 4) is 0 Å². The van der Waals surface area contributed by atoms with Gasteiger partial charge in [0, 0.05) is 12.7 Å². The predicted molar refractivity (Wildman–Crippen MR) is 60.8 cm³/mol. The Morgan fingerprint density at radius 3 is 3.31 bits per heavy atom. The van der Waals surface area contributed by atoms with Gasteiger partial charge in [0.05, 0.1) is 0 Å². The highest BCUT2D eigenvalue weighted by molar-refractivity contribution is 5.68. The van der Waals surface area contributed by atoms with Crippen LogP contribution < -0.4 is 0 Å². The Balaban J connectivity index is 2.05. The summed E-state index contributed by atoms with van der Waals surface area (Å²) in [5.41, 5.74) is 1.78. The molecule has 0 bridgehead atoms. The van der Waals surface area contributed by atoms with E-state index >= 15 is 0 Å². The lowest BCUT2D eigenvalue weighted by atomic mass is 10.3. The molecule has 5 heteroatoms. The third-order valence-corrected chi connectivity index (χ3v) is 3.25. The van der Waals surface area contributed by atoms with Gasteiger partial charge in [-0.3, -0.25) is 4.90 Å². The molecule has 0 N–H and O–H groups in total. The van der Waals surface area contributed by atoms with Crippen LogP contribution in [0, 0.1) is 0 Å². The highest BCUT2D eigenvalue weighted by Gasteiger charge is 2.27. The van der Waals surface area contributed by atoms with Crippen molar-refractivity contribution >= 4 is 11.2 Å². The van der Waals surface area contributed by atoms with E-state index in [0.717, 1.165) is 30.7 Å². The van der Waals surface area contributed by atoms with Crippen LogP contribution in [0.4, 0.5) is 0 Å². The molecule has 3 heterocycles. The van der Waals surface area contributed by atoms with Gasteiger partial charge in [0.2, 0.25) is 0 Å². The quantitative estimate of drug-likeness (QED) is 0.763. The molecule has 1 fully saturated rings. The van der Waals surface area contributed by atoms with Crippen molar-refractivity contribution in [2.45, 2.75) is 25.9 Å². The fraction of sp³-hybridized carbons (Fsp3) is 0.545. The van der Waals surface area contributed by atoms with Crippen molar-refractivity contribution in [2.75, 3.05) is 13.1 Å². The van der Waals surface area contributed by atoms with Gasteiger partial charge in [-0.1, -0.05) is 12.1 Å². The third kappa shape index (κ3) is 1.39. The SMILES string of the molecule is CCN1CCCC1n1nnc2cccnc21. The first-order chi connectivity index (χ1) is 7.90. The van der Waals surface area contributed by atoms with Crippen molar-refractivity contribution in [3.63, 3.8) is 0 Å². The molecule has 2 aromatic heterocycles. The maximum Gasteiger partial charge on any atom is 0.180 e. The van der Waals surface area contributed by atoms with Crippen molar-refractivity contribution in [3.05, 3.63) is 18.3 Å². The van der Waals surface area contributed by atoms with Gasteiger partial charge in [-0.05, 0) is 31.5 Å². The van der Waals surface area contributed by atoms with Gasteiger partial charge in [0.15, 0.2) is 5.65 Å². The van der Waals surface area contributed by atoms with Crippen LogP contribution in [0.2, 0.25) is 0 Å². The normalized spacial score (nSPS) is 21.9. The second kappa shape index (κ2) is 3.83. The number of fused-ring (bicyclic) bond motifs is 1. The van der Waals surface area contributed by atoms with Crippen LogP contribution >= 0.6 is 0 Å². The molecule has 1 atom stereocenters. The molecule has 1 unspecified atom stereocenters. The summed E-state index contributed by atoms with van der Waals surface area (Å²) in [5, 5.41) is 8.39. The van der Waals surface area contributed by atoms with Crippen molar-refractivity contribution < 1.29 is 0 Å². The summed E-state index contributed by atoms with van der Waals surface area (Å²) >= 11 is 0. The summed E-state index contributed by atoms with van der Waals surface area (Å²) in [6.45, 7) is 4.39. The van der Waals surface area contributed by atoms with E-state index in [1.807, 2.05) is 16.8 Å². The van der Waals surface area contributed by atoms with Gasteiger partial charge in [0.25, 0.3) is 0 Å². The molecular formula is C11H15N5. The van der Waals surface area contributed by atoms with E-state index in [1.54, 1.807) is 6.20 Å². The summed E-state index contributed by atoms with van der Waals surface area (Å²) in [4.78, 5) is 6.79. The molecule has 16 heavy (non-hydrogen) atoms. The molecule has 1 aliphatic rings. The lowest BCUT2D eigenvalue weighted by Gasteiger charge is -2.22. The van der Waals surface area contributed by atoms with Crippen LogP contribution in [0.3, 0.4) is 0 Å². The number of aromatic nitrogens is 4. The summed E-state index contributed by atoms with van der Waals surface area (Å²) in [6, 6.07) is 3.85. The average Bonchev–Trinajstić information content (AvgIpc) is 2.94. The number of hydrogen-bond donors (Lipinski definition) is 0. The molecule has 0 spiro atoms. The fourth-order valence-electron chi connectivity index (χ4n) is 2.44. The minimum Gasteiger partial charge on any atom is -0.282 e. The van der Waals surface area contributed by atoms with E-state index in [9.17, 15) is 0 Å². The van der Waals surface area contributed by atoms with Gasteiger partial charge in [-0.25, -0.2) is 9.67 Å². The van der Waals surface area contributed by atoms with Crippen molar-refractivity contribution in [1.29, 1.82) is 0 Å². The summed E-state index contributed by atoms with van der Waals surface area (Å²) in [7, 11) is 0. The zero-order chi connectivity index (χ0) is 11.0. The Kier molecular flexibility index (Phi) is 2.32. The molecular weight excluding hydrogens is 202 g/mol. The van der Waals surface area contributed by atoms with E-state index in [2.05, 4.69) is 27.1 Å². The fourth-order valence-corrected chi connectivity index (χ4v) is 2.44. The minimum atomic E-state index is 0.338. The standard InChI is InChI=1S/C11H15N5/c1-2-15-8-4-6-10(15)16-11-9(13-14-16)5-3-7-12-11/h3,5,7,10H,2,4,6,8H2,1H3. The van der Waals surface area contributed by atoms with Gasteiger partial charge in [-0.15, -0.1) is 5.10 Å². The number of rotatable bonds is 2. The Labute approximate surface area is 94.1 Å². The molecule has 0 aromatic carbocycles. The molecule has 0 amide bonds. The zero-order valence-corrected chi connectivity index (χ0v) is 9.37. The van der Waals surface area contributed by atoms with Crippen LogP contribution in [0.1, 0.15) is 25.9 Å². The largest absolute Gasteiger partial charge is 0.282 e. The van der Waals surface area contributed by atoms with Crippen LogP contribution in [0.25, 0.3) is 11.2 Å². The third-order valence-electron chi connectivity index (χ3n) is 3.25. The van der Waals surface area contributed by atoms with E-state index < -0.39 is 0 Å². The predicted octanol–water partition coefficient (Wildman–Crippen LogP) is 1.44. The lowest BCUT2D eigenvalue weighted by Crippen LogP contribution is -2.28. The molecule has 5 nitrogen and oxygen atoms in total. The van der Waals surface area contributed by atoms with Crippen molar-refractivity contribution in [1.82, 2.24) is 24.9 Å². The highest BCUT2D eigenvalue weighted by Crippen LogP contribution is 2.27. The second-order valence-corrected chi connectivity index (χ2v) is 4.13. The smallest absolute Gasteiger partial charge is 0.180 e. The van der Waals surface area contributed by atoms with E-state index in [4.69, 9.17) is 0 Å². The molecule has 2 aromatic rings. The molecule has 0 radical (unpaired) electrons. The Bertz CT molecular complexity index is 492. The lowest BCUT2D eigenvalue weighted by molar-refractivity contribution is 0.190. The molecule has 84 valence electrons. The average molecular weight is 217 g/mol. The first kappa shape index (κ1) is 9.72. The summed E-state index contributed by atoms with van der Waals surface area (Å²) in [6.07, 6.45) is 4.51. The van der Waals surface area contributed by atoms with E-state index in [0.29, 0.717) is 6.17 Å². The van der Waals surface area contributed by atoms with E-state index in [-0.39, 0.29) is 0 Å². The monoisotopic (exact) mass is 217 g/mol. The molecule has 0 aliphatic carbocycles. The van der Waals surface area contributed by atoms with Gasteiger partial charge in [-0.2, -0.15) is 0 Å². The maximum absolute atomic E-state index is 4.37. The molecule has 1 aliphatic heterocycles. The number of nitrogens with zero attached hydrogens (tertiary/aromatic N) is 5. The second-order valence-electron chi connectivity index (χ2n) is 4.13. The number of likely N-dealkylation sites (tertiary alicyclic amines) is 1. The number of pyridine rings is 1. The Morgan fingerprint density at radius 1 is 1.50 bits per heavy atom. The first-order valence-corrected chi connectivity index (χ1v) is 5.80. The molecule has 3 rings (SSSR count). The Hall–Kier alpha value is -1.49. The van der Waals surface area contributed by atoms with Crippen LogP contribution in [-0.4, -0.2) is 38.0 Å². The van der Waals surface area contributed by atoms with Crippen LogP contribution in [-0.2, 0) is 0 Å². The minimum absolute atomic E-state index is 0.338. The van der Waals surface area contributed by atoms with E-state index in [1.165, 1.54) is 6.42 Å². The first-order valence-electron chi connectivity index (χ1n) is 5.80. The van der Waals surface area contributed by atoms with Crippen molar-refractivity contribution in [2.24, 2.45) is 0 Å². The highest BCUT2D eigenvalue weighted by atomic mass is 15.5. The number of hydrogen-bond acceptors (Lipinski definition) is 4. The Morgan fingerprint density at radius 2 is 2.44 bits per heavy atom. The molecule has 1 saturated heterocycles. The molecule has 0 saturated carbocycles. The van der Waals surface area contributed by atoms with Gasteiger partial charge < -0.3 is 0 Å². The maximum atomic E-state index is 4.37. The van der Waals surface area contributed by atoms with Gasteiger partial charge in [0.1, 0.15) is 11.7 Å². The van der Waals surface area contributed by atoms with Crippen LogP contribution in [0.15, 0.2) is 18.3 Å². The summed E-state index contributed by atoms with van der Waals surface area (Å²) < 4.78 is 1.96. The zero-order valence-electron chi connectivity index (χ0n) is 9.37. The van der Waals surface area contributed by atoms with Gasteiger partial charge >= 0.3 is 0 Å². The summed E-state index contributed by atoms with van der Waals surface area (Å²) in [5.74, 6) is 0. The van der Waals surface area contributed by atoms with Crippen LogP contribution in [0.5, 0.6) is 0 Å².